The van der Waals surface area contributed by atoms with Gasteiger partial charge in [0.25, 0.3) is 0 Å². The van der Waals surface area contributed by atoms with E-state index in [1.165, 1.54) is 0 Å². The van der Waals surface area contributed by atoms with Crippen LogP contribution in [0, 0.1) is 17.2 Å². The van der Waals surface area contributed by atoms with Crippen LogP contribution in [0.15, 0.2) is 0 Å². The Morgan fingerprint density at radius 2 is 2.09 bits per heavy atom. The number of ketones is 1. The van der Waals surface area contributed by atoms with E-state index in [0.717, 1.165) is 0 Å². The van der Waals surface area contributed by atoms with Crippen molar-refractivity contribution in [1.82, 2.24) is 0 Å². The Hall–Kier alpha value is -0.880. The molecule has 1 saturated carbocycles. The summed E-state index contributed by atoms with van der Waals surface area (Å²) in [6.45, 7) is 0. The second-order valence-electron chi connectivity index (χ2n) is 2.95. The highest BCUT2D eigenvalue weighted by Gasteiger charge is 2.24. The van der Waals surface area contributed by atoms with E-state index in [-0.39, 0.29) is 11.7 Å². The first-order valence-corrected chi connectivity index (χ1v) is 3.83. The summed E-state index contributed by atoms with van der Waals surface area (Å²) in [6.07, 6.45) is 1.54. The minimum Gasteiger partial charge on any atom is -0.378 e. The molecule has 3 nitrogen and oxygen atoms in total. The van der Waals surface area contributed by atoms with Crippen molar-refractivity contribution in [3.8, 4) is 6.07 Å². The van der Waals surface area contributed by atoms with Crippen molar-refractivity contribution in [2.45, 2.75) is 31.8 Å². The molecule has 0 aromatic carbocycles. The Morgan fingerprint density at radius 1 is 1.55 bits per heavy atom. The monoisotopic (exact) mass is 153 g/mol. The molecule has 1 N–H and O–H groups in total. The van der Waals surface area contributed by atoms with E-state index in [0.29, 0.717) is 25.7 Å². The van der Waals surface area contributed by atoms with Gasteiger partial charge in [0.05, 0.1) is 6.07 Å². The van der Waals surface area contributed by atoms with Crippen LogP contribution in [0.5, 0.6) is 0 Å². The highest BCUT2D eigenvalue weighted by Crippen LogP contribution is 2.23. The van der Waals surface area contributed by atoms with Gasteiger partial charge in [-0.05, 0) is 18.8 Å². The molecule has 1 aliphatic rings. The van der Waals surface area contributed by atoms with Crippen LogP contribution < -0.4 is 0 Å². The average Bonchev–Trinajstić information content (AvgIpc) is 2.05. The van der Waals surface area contributed by atoms with E-state index in [9.17, 15) is 4.79 Å². The Balaban J connectivity index is 2.40. The van der Waals surface area contributed by atoms with Gasteiger partial charge in [-0.15, -0.1) is 0 Å². The minimum atomic E-state index is -0.872. The number of aliphatic hydroxyl groups excluding tert-OH is 1. The average molecular weight is 153 g/mol. The van der Waals surface area contributed by atoms with Gasteiger partial charge in [-0.25, -0.2) is 0 Å². The molecule has 0 unspecified atom stereocenters. The van der Waals surface area contributed by atoms with Crippen LogP contribution in [-0.4, -0.2) is 17.0 Å². The van der Waals surface area contributed by atoms with Gasteiger partial charge < -0.3 is 5.11 Å². The zero-order chi connectivity index (χ0) is 8.27. The van der Waals surface area contributed by atoms with Crippen LogP contribution in [0.1, 0.15) is 25.7 Å². The van der Waals surface area contributed by atoms with Gasteiger partial charge in [0, 0.05) is 12.8 Å². The molecule has 0 aromatic heterocycles. The number of nitriles is 1. The maximum atomic E-state index is 10.8. The van der Waals surface area contributed by atoms with E-state index < -0.39 is 6.10 Å². The number of hydrogen-bond donors (Lipinski definition) is 1. The molecule has 0 amide bonds. The number of carbonyl (C=O) groups excluding carboxylic acids is 1. The molecule has 0 bridgehead atoms. The summed E-state index contributed by atoms with van der Waals surface area (Å²) in [5.74, 6) is 0.282. The van der Waals surface area contributed by atoms with Crippen LogP contribution in [-0.2, 0) is 4.79 Å². The number of nitrogens with zero attached hydrogens (tertiary/aromatic N) is 1. The molecule has 0 aromatic rings. The Labute approximate surface area is 65.6 Å². The lowest BCUT2D eigenvalue weighted by Gasteiger charge is -2.21. The fourth-order valence-electron chi connectivity index (χ4n) is 1.38. The lowest BCUT2D eigenvalue weighted by molar-refractivity contribution is -0.121. The quantitative estimate of drug-likeness (QED) is 0.562. The molecule has 11 heavy (non-hydrogen) atoms. The molecular formula is C8H11NO2. The number of carbonyl (C=O) groups is 1. The predicted octanol–water partition coefficient (Wildman–Crippen LogP) is 0.630. The van der Waals surface area contributed by atoms with Gasteiger partial charge in [0.2, 0.25) is 0 Å². The minimum absolute atomic E-state index is 0.0256. The fraction of sp³-hybridized carbons (Fsp3) is 0.750. The number of aliphatic hydroxyl groups is 1. The Bertz CT molecular complexity index is 185. The first kappa shape index (κ1) is 8.22. The highest BCUT2D eigenvalue weighted by atomic mass is 16.3. The summed E-state index contributed by atoms with van der Waals surface area (Å²) in [5.41, 5.74) is 0. The summed E-state index contributed by atoms with van der Waals surface area (Å²) in [6, 6.07) is 1.79. The molecule has 1 atom stereocenters. The number of rotatable bonds is 1. The van der Waals surface area contributed by atoms with Crippen molar-refractivity contribution in [2.24, 2.45) is 5.92 Å². The van der Waals surface area contributed by atoms with Crippen LogP contribution >= 0.6 is 0 Å². The number of hydrogen-bond acceptors (Lipinski definition) is 3. The standard InChI is InChI=1S/C8H11NO2/c9-5-8(11)6-1-3-7(10)4-2-6/h6,8,11H,1-4H2/t8-/m1/s1. The first-order valence-electron chi connectivity index (χ1n) is 3.83. The number of Topliss-reactive ketones (excluding diaryl/α,β-unsaturated/α-hetero) is 1. The zero-order valence-corrected chi connectivity index (χ0v) is 6.29. The molecule has 1 aliphatic carbocycles. The molecule has 1 rings (SSSR count). The van der Waals surface area contributed by atoms with Crippen molar-refractivity contribution >= 4 is 5.78 Å². The lowest BCUT2D eigenvalue weighted by atomic mass is 9.85. The van der Waals surface area contributed by atoms with Crippen molar-refractivity contribution in [1.29, 1.82) is 5.26 Å². The maximum absolute atomic E-state index is 10.8. The van der Waals surface area contributed by atoms with E-state index in [4.69, 9.17) is 10.4 Å². The molecule has 0 radical (unpaired) electrons. The van der Waals surface area contributed by atoms with Gasteiger partial charge in [0.1, 0.15) is 11.9 Å². The van der Waals surface area contributed by atoms with Gasteiger partial charge in [0.15, 0.2) is 0 Å². The van der Waals surface area contributed by atoms with Gasteiger partial charge >= 0.3 is 0 Å². The van der Waals surface area contributed by atoms with Crippen molar-refractivity contribution in [3.63, 3.8) is 0 Å². The Kier molecular flexibility index (Phi) is 2.61. The Morgan fingerprint density at radius 3 is 2.55 bits per heavy atom. The van der Waals surface area contributed by atoms with E-state index in [2.05, 4.69) is 0 Å². The van der Waals surface area contributed by atoms with Crippen molar-refractivity contribution in [2.75, 3.05) is 0 Å². The van der Waals surface area contributed by atoms with Gasteiger partial charge in [-0.3, -0.25) is 4.79 Å². The predicted molar refractivity (Wildman–Crippen MR) is 38.6 cm³/mol. The molecule has 0 saturated heterocycles. The second-order valence-corrected chi connectivity index (χ2v) is 2.95. The molecule has 1 fully saturated rings. The first-order chi connectivity index (χ1) is 5.24. The van der Waals surface area contributed by atoms with Crippen LogP contribution in [0.25, 0.3) is 0 Å². The van der Waals surface area contributed by atoms with Crippen LogP contribution in [0.4, 0.5) is 0 Å². The van der Waals surface area contributed by atoms with E-state index >= 15 is 0 Å². The summed E-state index contributed by atoms with van der Waals surface area (Å²) in [7, 11) is 0. The largest absolute Gasteiger partial charge is 0.378 e. The fourth-order valence-corrected chi connectivity index (χ4v) is 1.38. The molecular weight excluding hydrogens is 142 g/mol. The third kappa shape index (κ3) is 2.02. The summed E-state index contributed by atoms with van der Waals surface area (Å²) in [5, 5.41) is 17.5. The van der Waals surface area contributed by atoms with Crippen molar-refractivity contribution < 1.29 is 9.90 Å². The molecule has 0 heterocycles. The molecule has 0 aliphatic heterocycles. The molecule has 60 valence electrons. The van der Waals surface area contributed by atoms with Crippen LogP contribution in [0.2, 0.25) is 0 Å². The zero-order valence-electron chi connectivity index (χ0n) is 6.29. The summed E-state index contributed by atoms with van der Waals surface area (Å²) < 4.78 is 0. The second kappa shape index (κ2) is 3.49. The van der Waals surface area contributed by atoms with E-state index in [1.54, 1.807) is 6.07 Å². The van der Waals surface area contributed by atoms with E-state index in [1.807, 2.05) is 0 Å². The SMILES string of the molecule is N#C[C@@H](O)C1CCC(=O)CC1. The smallest absolute Gasteiger partial charge is 0.143 e. The van der Waals surface area contributed by atoms with Gasteiger partial charge in [-0.2, -0.15) is 5.26 Å². The highest BCUT2D eigenvalue weighted by molar-refractivity contribution is 5.79. The maximum Gasteiger partial charge on any atom is 0.143 e. The summed E-state index contributed by atoms with van der Waals surface area (Å²) >= 11 is 0. The van der Waals surface area contributed by atoms with Crippen LogP contribution in [0.3, 0.4) is 0 Å². The molecule has 0 spiro atoms. The van der Waals surface area contributed by atoms with Gasteiger partial charge in [-0.1, -0.05) is 0 Å². The third-order valence-electron chi connectivity index (χ3n) is 2.17. The normalized spacial score (nSPS) is 22.7. The third-order valence-corrected chi connectivity index (χ3v) is 2.17. The van der Waals surface area contributed by atoms with Crippen molar-refractivity contribution in [3.05, 3.63) is 0 Å². The molecule has 3 heteroatoms. The lowest BCUT2D eigenvalue weighted by Crippen LogP contribution is -2.24. The topological polar surface area (TPSA) is 61.1 Å². The summed E-state index contributed by atoms with van der Waals surface area (Å²) in [4.78, 5) is 10.8.